The molecule has 0 amide bonds. The Bertz CT molecular complexity index is 773. The molecule has 0 aromatic carbocycles. The number of pyridine rings is 2. The number of ether oxygens (including phenoxy) is 2. The molecule has 5 heteroatoms. The van der Waals surface area contributed by atoms with Crippen molar-refractivity contribution in [3.05, 3.63) is 46.9 Å². The van der Waals surface area contributed by atoms with Crippen LogP contribution >= 0.6 is 0 Å². The van der Waals surface area contributed by atoms with E-state index in [1.807, 2.05) is 6.07 Å². The maximum atomic E-state index is 5.66. The molecule has 0 N–H and O–H groups in total. The molecule has 4 heterocycles. The maximum Gasteiger partial charge on any atom is 0.257 e. The molecule has 0 spiro atoms. The van der Waals surface area contributed by atoms with Gasteiger partial charge < -0.3 is 9.47 Å². The van der Waals surface area contributed by atoms with Crippen LogP contribution in [0.5, 0.6) is 11.6 Å². The summed E-state index contributed by atoms with van der Waals surface area (Å²) in [6, 6.07) is 8.81. The van der Waals surface area contributed by atoms with Gasteiger partial charge in [-0.1, -0.05) is 7.43 Å². The van der Waals surface area contributed by atoms with Crippen LogP contribution in [0.25, 0.3) is 0 Å². The van der Waals surface area contributed by atoms with Gasteiger partial charge in [0.15, 0.2) is 5.75 Å². The van der Waals surface area contributed by atoms with Crippen LogP contribution < -0.4 is 9.47 Å². The molecule has 2 atom stereocenters. The SMILES string of the molecule is C.Cc1cc([C@@H]2CCCN(C(C)c3ccc4c(n3)OCCO4)C2)cc(C)n1. The Kier molecular flexibility index (Phi) is 6.00. The van der Waals surface area contributed by atoms with Crippen LogP contribution in [-0.2, 0) is 0 Å². The first-order valence-corrected chi connectivity index (χ1v) is 9.56. The fourth-order valence-electron chi connectivity index (χ4n) is 4.10. The standard InChI is InChI=1S/C21H27N3O2.CH4/c1-14-11-18(12-15(2)22-14)17-5-4-8-24(13-17)16(3)19-6-7-20-21(23-19)26-10-9-25-20;/h6-7,11-12,16-17H,4-5,8-10,13H2,1-3H3;1H4/t16?,17-;/m1./s1. The van der Waals surface area contributed by atoms with Gasteiger partial charge >= 0.3 is 0 Å². The van der Waals surface area contributed by atoms with Gasteiger partial charge in [0.05, 0.1) is 5.69 Å². The van der Waals surface area contributed by atoms with E-state index in [0.29, 0.717) is 25.0 Å². The Hall–Kier alpha value is -2.14. The van der Waals surface area contributed by atoms with Crippen LogP contribution in [-0.4, -0.2) is 41.2 Å². The molecule has 0 saturated carbocycles. The van der Waals surface area contributed by atoms with Crippen LogP contribution in [0.3, 0.4) is 0 Å². The zero-order valence-electron chi connectivity index (χ0n) is 15.9. The second kappa shape index (κ2) is 8.26. The van der Waals surface area contributed by atoms with Gasteiger partial charge in [0.25, 0.3) is 5.88 Å². The molecule has 2 aromatic heterocycles. The molecular weight excluding hydrogens is 338 g/mol. The monoisotopic (exact) mass is 369 g/mol. The van der Waals surface area contributed by atoms with Crippen LogP contribution in [0, 0.1) is 13.8 Å². The lowest BCUT2D eigenvalue weighted by Crippen LogP contribution is -2.36. The summed E-state index contributed by atoms with van der Waals surface area (Å²) in [5.74, 6) is 1.95. The predicted molar refractivity (Wildman–Crippen MR) is 108 cm³/mol. The third-order valence-corrected chi connectivity index (χ3v) is 5.43. The Labute approximate surface area is 162 Å². The van der Waals surface area contributed by atoms with E-state index in [0.717, 1.165) is 35.9 Å². The van der Waals surface area contributed by atoms with Crippen molar-refractivity contribution in [2.45, 2.75) is 53.0 Å². The van der Waals surface area contributed by atoms with Crippen LogP contribution in [0.1, 0.15) is 61.8 Å². The van der Waals surface area contributed by atoms with Crippen LogP contribution in [0.2, 0.25) is 0 Å². The average molecular weight is 370 g/mol. The molecule has 4 rings (SSSR count). The van der Waals surface area contributed by atoms with Gasteiger partial charge in [0.2, 0.25) is 0 Å². The average Bonchev–Trinajstić information content (AvgIpc) is 2.66. The molecule has 2 aromatic rings. The number of hydrogen-bond donors (Lipinski definition) is 0. The van der Waals surface area contributed by atoms with Gasteiger partial charge in [0, 0.05) is 24.0 Å². The highest BCUT2D eigenvalue weighted by atomic mass is 16.6. The van der Waals surface area contributed by atoms with Gasteiger partial charge in [0.1, 0.15) is 13.2 Å². The van der Waals surface area contributed by atoms with Crippen molar-refractivity contribution in [1.29, 1.82) is 0 Å². The highest BCUT2D eigenvalue weighted by Gasteiger charge is 2.27. The van der Waals surface area contributed by atoms with E-state index in [1.165, 1.54) is 18.4 Å². The molecule has 27 heavy (non-hydrogen) atoms. The Morgan fingerprint density at radius 2 is 1.81 bits per heavy atom. The van der Waals surface area contributed by atoms with Crippen molar-refractivity contribution in [3.8, 4) is 11.6 Å². The number of likely N-dealkylation sites (tertiary alicyclic amines) is 1. The quantitative estimate of drug-likeness (QED) is 0.800. The number of piperidine rings is 1. The minimum Gasteiger partial charge on any atom is -0.484 e. The van der Waals surface area contributed by atoms with Crippen LogP contribution in [0.4, 0.5) is 0 Å². The second-order valence-electron chi connectivity index (χ2n) is 7.43. The fourth-order valence-corrected chi connectivity index (χ4v) is 4.10. The van der Waals surface area contributed by atoms with Gasteiger partial charge in [-0.25, -0.2) is 4.98 Å². The van der Waals surface area contributed by atoms with Crippen molar-refractivity contribution >= 4 is 0 Å². The van der Waals surface area contributed by atoms with Crippen molar-refractivity contribution in [1.82, 2.24) is 14.9 Å². The second-order valence-corrected chi connectivity index (χ2v) is 7.43. The predicted octanol–water partition coefficient (Wildman–Crippen LogP) is 4.44. The van der Waals surface area contributed by atoms with Crippen molar-refractivity contribution in [2.75, 3.05) is 26.3 Å². The van der Waals surface area contributed by atoms with E-state index in [-0.39, 0.29) is 13.5 Å². The van der Waals surface area contributed by atoms with Crippen LogP contribution in [0.15, 0.2) is 24.3 Å². The number of aryl methyl sites for hydroxylation is 2. The third-order valence-electron chi connectivity index (χ3n) is 5.43. The minimum atomic E-state index is 0. The summed E-state index contributed by atoms with van der Waals surface area (Å²) in [5, 5.41) is 0. The van der Waals surface area contributed by atoms with Gasteiger partial charge in [-0.05, 0) is 75.9 Å². The molecule has 5 nitrogen and oxygen atoms in total. The molecule has 146 valence electrons. The smallest absolute Gasteiger partial charge is 0.257 e. The molecule has 2 aliphatic rings. The third kappa shape index (κ3) is 4.24. The van der Waals surface area contributed by atoms with E-state index in [1.54, 1.807) is 0 Å². The Balaban J connectivity index is 0.00000210. The fraction of sp³-hybridized carbons (Fsp3) is 0.545. The van der Waals surface area contributed by atoms with E-state index >= 15 is 0 Å². The number of rotatable bonds is 3. The number of nitrogens with zero attached hydrogens (tertiary/aromatic N) is 3. The van der Waals surface area contributed by atoms with E-state index in [9.17, 15) is 0 Å². The minimum absolute atomic E-state index is 0. The lowest BCUT2D eigenvalue weighted by molar-refractivity contribution is 0.147. The normalized spacial score (nSPS) is 20.6. The molecule has 1 fully saturated rings. The Morgan fingerprint density at radius 3 is 2.59 bits per heavy atom. The topological polar surface area (TPSA) is 47.5 Å². The van der Waals surface area contributed by atoms with Crippen molar-refractivity contribution in [3.63, 3.8) is 0 Å². The van der Waals surface area contributed by atoms with Crippen molar-refractivity contribution in [2.24, 2.45) is 0 Å². The summed E-state index contributed by atoms with van der Waals surface area (Å²) in [6.07, 6.45) is 2.45. The summed E-state index contributed by atoms with van der Waals surface area (Å²) < 4.78 is 11.3. The van der Waals surface area contributed by atoms with E-state index in [4.69, 9.17) is 14.5 Å². The molecular formula is C22H31N3O2. The zero-order chi connectivity index (χ0) is 18.1. The highest BCUT2D eigenvalue weighted by molar-refractivity contribution is 5.36. The molecule has 2 aliphatic heterocycles. The summed E-state index contributed by atoms with van der Waals surface area (Å²) in [6.45, 7) is 9.74. The van der Waals surface area contributed by atoms with E-state index < -0.39 is 0 Å². The first-order valence-electron chi connectivity index (χ1n) is 9.56. The van der Waals surface area contributed by atoms with Gasteiger partial charge in [-0.2, -0.15) is 0 Å². The largest absolute Gasteiger partial charge is 0.484 e. The first-order chi connectivity index (χ1) is 12.6. The number of fused-ring (bicyclic) bond motifs is 1. The summed E-state index contributed by atoms with van der Waals surface area (Å²) in [4.78, 5) is 11.8. The highest BCUT2D eigenvalue weighted by Crippen LogP contribution is 2.34. The Morgan fingerprint density at radius 1 is 1.07 bits per heavy atom. The zero-order valence-corrected chi connectivity index (χ0v) is 15.9. The number of hydrogen-bond acceptors (Lipinski definition) is 5. The number of aromatic nitrogens is 2. The summed E-state index contributed by atoms with van der Waals surface area (Å²) in [5.41, 5.74) is 4.69. The van der Waals surface area contributed by atoms with Gasteiger partial charge in [-0.3, -0.25) is 9.88 Å². The molecule has 0 radical (unpaired) electrons. The molecule has 0 bridgehead atoms. The summed E-state index contributed by atoms with van der Waals surface area (Å²) in [7, 11) is 0. The maximum absolute atomic E-state index is 5.66. The lowest BCUT2D eigenvalue weighted by atomic mass is 9.89. The molecule has 1 saturated heterocycles. The first kappa shape index (κ1) is 19.6. The van der Waals surface area contributed by atoms with Gasteiger partial charge in [-0.15, -0.1) is 0 Å². The van der Waals surface area contributed by atoms with Crippen molar-refractivity contribution < 1.29 is 9.47 Å². The van der Waals surface area contributed by atoms with E-state index in [2.05, 4.69) is 48.9 Å². The molecule has 1 unspecified atom stereocenters. The molecule has 0 aliphatic carbocycles. The lowest BCUT2D eigenvalue weighted by Gasteiger charge is -2.37. The summed E-state index contributed by atoms with van der Waals surface area (Å²) >= 11 is 0.